The van der Waals surface area contributed by atoms with Crippen LogP contribution in [-0.4, -0.2) is 44.0 Å². The predicted octanol–water partition coefficient (Wildman–Crippen LogP) is 2.47. The average Bonchev–Trinajstić information content (AvgIpc) is 2.41. The van der Waals surface area contributed by atoms with Crippen LogP contribution < -0.4 is 5.32 Å². The number of halogens is 1. The molecular weight excluding hydrogens is 292 g/mol. The van der Waals surface area contributed by atoms with Gasteiger partial charge in [0.25, 0.3) is 0 Å². The second-order valence-corrected chi connectivity index (χ2v) is 5.36. The van der Waals surface area contributed by atoms with E-state index in [1.54, 1.807) is 12.1 Å². The summed E-state index contributed by atoms with van der Waals surface area (Å²) < 4.78 is 4.56. The lowest BCUT2D eigenvalue weighted by Gasteiger charge is -2.16. The Bertz CT molecular complexity index is 506. The molecule has 0 heterocycles. The first-order chi connectivity index (χ1) is 9.92. The third-order valence-corrected chi connectivity index (χ3v) is 3.27. The number of amides is 1. The number of anilines is 1. The maximum atomic E-state index is 11.9. The van der Waals surface area contributed by atoms with E-state index in [0.29, 0.717) is 30.1 Å². The minimum atomic E-state index is -0.237. The zero-order valence-corrected chi connectivity index (χ0v) is 13.4. The molecule has 0 unspecified atom stereocenters. The molecule has 1 aromatic rings. The van der Waals surface area contributed by atoms with Crippen molar-refractivity contribution in [3.8, 4) is 0 Å². The van der Waals surface area contributed by atoms with Crippen LogP contribution in [0.25, 0.3) is 0 Å². The smallest absolute Gasteiger partial charge is 0.305 e. The number of carbonyl (C=O) groups excluding carboxylic acids is 2. The summed E-state index contributed by atoms with van der Waals surface area (Å²) in [4.78, 5) is 24.7. The molecule has 21 heavy (non-hydrogen) atoms. The van der Waals surface area contributed by atoms with Gasteiger partial charge in [0.05, 0.1) is 24.4 Å². The maximum absolute atomic E-state index is 11.9. The molecule has 0 bridgehead atoms. The lowest BCUT2D eigenvalue weighted by Crippen LogP contribution is -2.31. The Labute approximate surface area is 130 Å². The van der Waals surface area contributed by atoms with Gasteiger partial charge in [0.1, 0.15) is 0 Å². The van der Waals surface area contributed by atoms with E-state index >= 15 is 0 Å². The molecule has 0 fully saturated rings. The Morgan fingerprint density at radius 3 is 2.71 bits per heavy atom. The lowest BCUT2D eigenvalue weighted by atomic mass is 10.2. The van der Waals surface area contributed by atoms with E-state index in [-0.39, 0.29) is 18.4 Å². The van der Waals surface area contributed by atoms with E-state index < -0.39 is 0 Å². The first-order valence-electron chi connectivity index (χ1n) is 6.73. The molecule has 1 rings (SSSR count). The molecule has 5 nitrogen and oxygen atoms in total. The third kappa shape index (κ3) is 6.60. The molecule has 0 spiro atoms. The highest BCUT2D eigenvalue weighted by atomic mass is 35.5. The monoisotopic (exact) mass is 312 g/mol. The molecule has 0 aliphatic carbocycles. The standard InChI is InChI=1S/C15H21ClN2O3/c1-11-6-7-13(12(16)9-11)17-14(19)10-18(2)8-4-5-15(20)21-3/h6-7,9H,4-5,8,10H2,1-3H3,(H,17,19). The number of esters is 1. The number of nitrogens with one attached hydrogen (secondary N) is 1. The summed E-state index contributed by atoms with van der Waals surface area (Å²) in [6.07, 6.45) is 1.01. The number of rotatable bonds is 7. The Kier molecular flexibility index (Phi) is 7.19. The number of carbonyl (C=O) groups is 2. The van der Waals surface area contributed by atoms with Crippen molar-refractivity contribution in [2.24, 2.45) is 0 Å². The average molecular weight is 313 g/mol. The summed E-state index contributed by atoms with van der Waals surface area (Å²) in [5.41, 5.74) is 1.65. The van der Waals surface area contributed by atoms with Crippen LogP contribution >= 0.6 is 11.6 Å². The number of ether oxygens (including phenoxy) is 1. The maximum Gasteiger partial charge on any atom is 0.305 e. The summed E-state index contributed by atoms with van der Waals surface area (Å²) >= 11 is 6.06. The van der Waals surface area contributed by atoms with Crippen LogP contribution in [0.2, 0.25) is 5.02 Å². The number of nitrogens with zero attached hydrogens (tertiary/aromatic N) is 1. The van der Waals surface area contributed by atoms with E-state index in [1.807, 2.05) is 24.9 Å². The SMILES string of the molecule is COC(=O)CCCN(C)CC(=O)Nc1ccc(C)cc1Cl. The Hall–Kier alpha value is -1.59. The van der Waals surface area contributed by atoms with Crippen LogP contribution in [0.3, 0.4) is 0 Å². The second kappa shape index (κ2) is 8.64. The number of likely N-dealkylation sites (N-methyl/N-ethyl adjacent to an activating group) is 1. The van der Waals surface area contributed by atoms with Gasteiger partial charge < -0.3 is 10.1 Å². The topological polar surface area (TPSA) is 58.6 Å². The molecule has 1 aromatic carbocycles. The normalized spacial score (nSPS) is 10.5. The second-order valence-electron chi connectivity index (χ2n) is 4.95. The first-order valence-corrected chi connectivity index (χ1v) is 7.11. The molecule has 0 saturated heterocycles. The largest absolute Gasteiger partial charge is 0.469 e. The van der Waals surface area contributed by atoms with E-state index in [1.165, 1.54) is 7.11 Å². The fraction of sp³-hybridized carbons (Fsp3) is 0.467. The summed E-state index contributed by atoms with van der Waals surface area (Å²) in [7, 11) is 3.19. The van der Waals surface area contributed by atoms with Crippen molar-refractivity contribution in [1.82, 2.24) is 4.90 Å². The van der Waals surface area contributed by atoms with Crippen molar-refractivity contribution < 1.29 is 14.3 Å². The van der Waals surface area contributed by atoms with E-state index in [4.69, 9.17) is 11.6 Å². The van der Waals surface area contributed by atoms with Gasteiger partial charge >= 0.3 is 5.97 Å². The Balaban J connectivity index is 2.37. The number of aryl methyl sites for hydroxylation is 1. The molecule has 0 atom stereocenters. The predicted molar refractivity (Wildman–Crippen MR) is 83.6 cm³/mol. The van der Waals surface area contributed by atoms with Crippen molar-refractivity contribution >= 4 is 29.2 Å². The number of benzene rings is 1. The van der Waals surface area contributed by atoms with Crippen LogP contribution in [0.15, 0.2) is 18.2 Å². The first kappa shape index (κ1) is 17.5. The van der Waals surface area contributed by atoms with E-state index in [9.17, 15) is 9.59 Å². The molecule has 6 heteroatoms. The van der Waals surface area contributed by atoms with Gasteiger partial charge in [-0.05, 0) is 44.6 Å². The highest BCUT2D eigenvalue weighted by Crippen LogP contribution is 2.22. The number of methoxy groups -OCH3 is 1. The molecular formula is C15H21ClN2O3. The number of hydrogen-bond acceptors (Lipinski definition) is 4. The molecule has 1 N–H and O–H groups in total. The van der Waals surface area contributed by atoms with Gasteiger partial charge in [-0.3, -0.25) is 14.5 Å². The highest BCUT2D eigenvalue weighted by Gasteiger charge is 2.09. The molecule has 1 amide bonds. The van der Waals surface area contributed by atoms with Crippen LogP contribution in [-0.2, 0) is 14.3 Å². The van der Waals surface area contributed by atoms with Crippen molar-refractivity contribution in [2.75, 3.05) is 32.6 Å². The molecule has 0 radical (unpaired) electrons. The highest BCUT2D eigenvalue weighted by molar-refractivity contribution is 6.33. The molecule has 0 aliphatic heterocycles. The van der Waals surface area contributed by atoms with Crippen molar-refractivity contribution in [3.05, 3.63) is 28.8 Å². The van der Waals surface area contributed by atoms with Crippen molar-refractivity contribution in [1.29, 1.82) is 0 Å². The van der Waals surface area contributed by atoms with Crippen LogP contribution in [0.4, 0.5) is 5.69 Å². The van der Waals surface area contributed by atoms with Gasteiger partial charge in [0, 0.05) is 6.42 Å². The molecule has 0 aliphatic rings. The zero-order valence-electron chi connectivity index (χ0n) is 12.6. The fourth-order valence-corrected chi connectivity index (χ4v) is 2.11. The fourth-order valence-electron chi connectivity index (χ4n) is 1.83. The summed E-state index contributed by atoms with van der Waals surface area (Å²) in [6, 6.07) is 5.48. The number of hydrogen-bond donors (Lipinski definition) is 1. The van der Waals surface area contributed by atoms with E-state index in [2.05, 4.69) is 10.1 Å². The van der Waals surface area contributed by atoms with Crippen LogP contribution in [0.1, 0.15) is 18.4 Å². The van der Waals surface area contributed by atoms with Gasteiger partial charge in [-0.2, -0.15) is 0 Å². The van der Waals surface area contributed by atoms with Gasteiger partial charge in [0.2, 0.25) is 5.91 Å². The minimum Gasteiger partial charge on any atom is -0.469 e. The Morgan fingerprint density at radius 1 is 1.38 bits per heavy atom. The molecule has 116 valence electrons. The summed E-state index contributed by atoms with van der Waals surface area (Å²) in [5, 5.41) is 3.30. The van der Waals surface area contributed by atoms with Gasteiger partial charge in [-0.25, -0.2) is 0 Å². The Morgan fingerprint density at radius 2 is 2.10 bits per heavy atom. The quantitative estimate of drug-likeness (QED) is 0.786. The van der Waals surface area contributed by atoms with E-state index in [0.717, 1.165) is 5.56 Å². The van der Waals surface area contributed by atoms with Crippen LogP contribution in [0, 0.1) is 6.92 Å². The van der Waals surface area contributed by atoms with Crippen molar-refractivity contribution in [2.45, 2.75) is 19.8 Å². The minimum absolute atomic E-state index is 0.138. The lowest BCUT2D eigenvalue weighted by molar-refractivity contribution is -0.140. The van der Waals surface area contributed by atoms with Gasteiger partial charge in [-0.15, -0.1) is 0 Å². The van der Waals surface area contributed by atoms with Gasteiger partial charge in [0.15, 0.2) is 0 Å². The molecule has 0 aromatic heterocycles. The van der Waals surface area contributed by atoms with Crippen molar-refractivity contribution in [3.63, 3.8) is 0 Å². The van der Waals surface area contributed by atoms with Gasteiger partial charge in [-0.1, -0.05) is 17.7 Å². The summed E-state index contributed by atoms with van der Waals surface area (Å²) in [5.74, 6) is -0.374. The third-order valence-electron chi connectivity index (χ3n) is 2.96. The zero-order chi connectivity index (χ0) is 15.8. The van der Waals surface area contributed by atoms with Crippen LogP contribution in [0.5, 0.6) is 0 Å². The summed E-state index contributed by atoms with van der Waals surface area (Å²) in [6.45, 7) is 2.82. The molecule has 0 saturated carbocycles.